The van der Waals surface area contributed by atoms with Crippen molar-refractivity contribution in [1.29, 1.82) is 0 Å². The van der Waals surface area contributed by atoms with E-state index in [2.05, 4.69) is 5.43 Å². The van der Waals surface area contributed by atoms with Crippen LogP contribution in [0.4, 0.5) is 4.39 Å². The molecule has 106 valence electrons. The predicted octanol–water partition coefficient (Wildman–Crippen LogP) is 3.69. The van der Waals surface area contributed by atoms with Gasteiger partial charge >= 0.3 is 0 Å². The number of methoxy groups -OCH3 is 1. The molecule has 0 aliphatic rings. The molecule has 6 heteroatoms. The number of hydrogen-bond acceptors (Lipinski definition) is 3. The Labute approximate surface area is 126 Å². The van der Waals surface area contributed by atoms with E-state index in [-0.39, 0.29) is 0 Å². The van der Waals surface area contributed by atoms with Crippen molar-refractivity contribution >= 4 is 23.2 Å². The van der Waals surface area contributed by atoms with E-state index < -0.39 is 11.9 Å². The average Bonchev–Trinajstić information content (AvgIpc) is 2.45. The minimum Gasteiger partial charge on any atom is -0.497 e. The highest BCUT2D eigenvalue weighted by atomic mass is 35.5. The van der Waals surface area contributed by atoms with E-state index in [1.165, 1.54) is 13.2 Å². The van der Waals surface area contributed by atoms with Gasteiger partial charge in [0.2, 0.25) is 0 Å². The Morgan fingerprint density at radius 3 is 2.45 bits per heavy atom. The number of hydrogen-bond donors (Lipinski definition) is 2. The van der Waals surface area contributed by atoms with Crippen molar-refractivity contribution in [2.24, 2.45) is 5.84 Å². The first-order chi connectivity index (χ1) is 9.56. The van der Waals surface area contributed by atoms with Gasteiger partial charge in [-0.1, -0.05) is 35.3 Å². The summed E-state index contributed by atoms with van der Waals surface area (Å²) in [6.07, 6.45) is 0. The molecule has 0 aliphatic heterocycles. The van der Waals surface area contributed by atoms with Crippen molar-refractivity contribution in [2.75, 3.05) is 7.11 Å². The second-order valence-electron chi connectivity index (χ2n) is 4.16. The molecule has 0 bridgehead atoms. The molecule has 0 aromatic heterocycles. The third-order valence-electron chi connectivity index (χ3n) is 2.96. The maximum absolute atomic E-state index is 14.1. The molecule has 3 N–H and O–H groups in total. The Morgan fingerprint density at radius 1 is 1.15 bits per heavy atom. The number of ether oxygens (including phenoxy) is 1. The topological polar surface area (TPSA) is 47.3 Å². The minimum absolute atomic E-state index is 0.387. The quantitative estimate of drug-likeness (QED) is 0.668. The molecule has 2 rings (SSSR count). The van der Waals surface area contributed by atoms with E-state index in [0.717, 1.165) is 0 Å². The highest BCUT2D eigenvalue weighted by molar-refractivity contribution is 6.42. The lowest BCUT2D eigenvalue weighted by molar-refractivity contribution is 0.410. The van der Waals surface area contributed by atoms with Crippen LogP contribution in [0.5, 0.6) is 5.75 Å². The van der Waals surface area contributed by atoms with Gasteiger partial charge in [0.1, 0.15) is 11.6 Å². The third-order valence-corrected chi connectivity index (χ3v) is 3.70. The lowest BCUT2D eigenvalue weighted by Crippen LogP contribution is -2.29. The molecule has 0 amide bonds. The fourth-order valence-electron chi connectivity index (χ4n) is 1.93. The largest absolute Gasteiger partial charge is 0.497 e. The molecule has 3 nitrogen and oxygen atoms in total. The summed E-state index contributed by atoms with van der Waals surface area (Å²) in [5.74, 6) is 5.56. The molecule has 0 radical (unpaired) electrons. The molecule has 0 heterocycles. The normalized spacial score (nSPS) is 12.2. The lowest BCUT2D eigenvalue weighted by Gasteiger charge is -2.18. The van der Waals surface area contributed by atoms with Crippen molar-refractivity contribution in [3.63, 3.8) is 0 Å². The van der Waals surface area contributed by atoms with Crippen LogP contribution in [0.15, 0.2) is 36.4 Å². The molecule has 1 atom stereocenters. The molecule has 1 unspecified atom stereocenters. The number of rotatable bonds is 4. The van der Waals surface area contributed by atoms with Gasteiger partial charge in [-0.2, -0.15) is 0 Å². The van der Waals surface area contributed by atoms with Crippen LogP contribution < -0.4 is 16.0 Å². The van der Waals surface area contributed by atoms with Gasteiger partial charge in [0.15, 0.2) is 0 Å². The van der Waals surface area contributed by atoms with Gasteiger partial charge in [0.25, 0.3) is 0 Å². The van der Waals surface area contributed by atoms with E-state index in [1.807, 2.05) is 0 Å². The van der Waals surface area contributed by atoms with E-state index in [0.29, 0.717) is 26.9 Å². The van der Waals surface area contributed by atoms with Crippen molar-refractivity contribution in [3.05, 3.63) is 63.4 Å². The summed E-state index contributed by atoms with van der Waals surface area (Å²) < 4.78 is 19.1. The zero-order valence-corrected chi connectivity index (χ0v) is 12.2. The van der Waals surface area contributed by atoms with E-state index >= 15 is 0 Å². The molecule has 20 heavy (non-hydrogen) atoms. The zero-order chi connectivity index (χ0) is 14.7. The van der Waals surface area contributed by atoms with Crippen molar-refractivity contribution < 1.29 is 9.13 Å². The first-order valence-corrected chi connectivity index (χ1v) is 6.57. The first-order valence-electron chi connectivity index (χ1n) is 5.81. The number of nitrogens with one attached hydrogen (secondary N) is 1. The average molecular weight is 315 g/mol. The second-order valence-corrected chi connectivity index (χ2v) is 4.98. The van der Waals surface area contributed by atoms with Crippen LogP contribution in [0.1, 0.15) is 17.2 Å². The molecule has 0 saturated heterocycles. The van der Waals surface area contributed by atoms with E-state index in [9.17, 15) is 4.39 Å². The molecule has 0 saturated carbocycles. The van der Waals surface area contributed by atoms with Crippen LogP contribution in [-0.2, 0) is 0 Å². The maximum Gasteiger partial charge on any atom is 0.132 e. The summed E-state index contributed by atoms with van der Waals surface area (Å²) in [6, 6.07) is 9.08. The number of hydrazine groups is 1. The number of halogens is 3. The molecule has 0 aliphatic carbocycles. The standard InChI is InChI=1S/C14H13Cl2FN2O/c1-20-9-3-4-10(13(17)7-9)14(19-18)8-2-5-11(15)12(16)6-8/h2-7,14,19H,18H2,1H3. The van der Waals surface area contributed by atoms with Crippen molar-refractivity contribution in [1.82, 2.24) is 5.43 Å². The van der Waals surface area contributed by atoms with Gasteiger partial charge in [-0.05, 0) is 23.8 Å². The van der Waals surface area contributed by atoms with Gasteiger partial charge in [0.05, 0.1) is 23.2 Å². The Balaban J connectivity index is 2.43. The van der Waals surface area contributed by atoms with Crippen LogP contribution in [-0.4, -0.2) is 7.11 Å². The van der Waals surface area contributed by atoms with Crippen molar-refractivity contribution in [3.8, 4) is 5.75 Å². The van der Waals surface area contributed by atoms with Gasteiger partial charge in [0, 0.05) is 11.6 Å². The highest BCUT2D eigenvalue weighted by Crippen LogP contribution is 2.30. The van der Waals surface area contributed by atoms with Gasteiger partial charge < -0.3 is 4.74 Å². The van der Waals surface area contributed by atoms with Crippen LogP contribution >= 0.6 is 23.2 Å². The van der Waals surface area contributed by atoms with Crippen LogP contribution in [0.25, 0.3) is 0 Å². The summed E-state index contributed by atoms with van der Waals surface area (Å²) in [4.78, 5) is 0. The zero-order valence-electron chi connectivity index (χ0n) is 10.7. The van der Waals surface area contributed by atoms with Gasteiger partial charge in [-0.25, -0.2) is 9.82 Å². The van der Waals surface area contributed by atoms with Crippen LogP contribution in [0.2, 0.25) is 10.0 Å². The van der Waals surface area contributed by atoms with E-state index in [1.54, 1.807) is 30.3 Å². The first kappa shape index (κ1) is 15.1. The van der Waals surface area contributed by atoms with Gasteiger partial charge in [-0.3, -0.25) is 5.84 Å². The van der Waals surface area contributed by atoms with E-state index in [4.69, 9.17) is 33.8 Å². The molecular weight excluding hydrogens is 302 g/mol. The SMILES string of the molecule is COc1ccc(C(NN)c2ccc(Cl)c(Cl)c2)c(F)c1. The summed E-state index contributed by atoms with van der Waals surface area (Å²) in [5, 5.41) is 0.819. The monoisotopic (exact) mass is 314 g/mol. The molecule has 0 spiro atoms. The molecular formula is C14H13Cl2FN2O. The van der Waals surface area contributed by atoms with Crippen molar-refractivity contribution in [2.45, 2.75) is 6.04 Å². The van der Waals surface area contributed by atoms with Crippen LogP contribution in [0, 0.1) is 5.82 Å². The highest BCUT2D eigenvalue weighted by Gasteiger charge is 2.18. The molecule has 2 aromatic rings. The Morgan fingerprint density at radius 2 is 1.90 bits per heavy atom. The maximum atomic E-state index is 14.1. The third kappa shape index (κ3) is 3.04. The summed E-state index contributed by atoms with van der Waals surface area (Å²) >= 11 is 11.8. The Hall–Kier alpha value is -1.33. The second kappa shape index (κ2) is 6.41. The lowest BCUT2D eigenvalue weighted by atomic mass is 9.98. The fourth-order valence-corrected chi connectivity index (χ4v) is 2.23. The minimum atomic E-state index is -0.532. The van der Waals surface area contributed by atoms with Gasteiger partial charge in [-0.15, -0.1) is 0 Å². The Bertz CT molecular complexity index is 622. The number of benzene rings is 2. The molecule has 0 fully saturated rings. The summed E-state index contributed by atoms with van der Waals surface area (Å²) in [5.41, 5.74) is 3.69. The predicted molar refractivity (Wildman–Crippen MR) is 78.6 cm³/mol. The van der Waals surface area contributed by atoms with Crippen LogP contribution in [0.3, 0.4) is 0 Å². The summed E-state index contributed by atoms with van der Waals surface area (Å²) in [6.45, 7) is 0. The smallest absolute Gasteiger partial charge is 0.132 e. The molecule has 2 aromatic carbocycles. The summed E-state index contributed by atoms with van der Waals surface area (Å²) in [7, 11) is 1.48. The Kier molecular flexibility index (Phi) is 4.83. The number of nitrogens with two attached hydrogens (primary N) is 1. The fraction of sp³-hybridized carbons (Fsp3) is 0.143.